The van der Waals surface area contributed by atoms with Crippen LogP contribution in [0, 0.1) is 6.92 Å². The molecule has 3 rings (SSSR count). The molecule has 0 aliphatic heterocycles. The summed E-state index contributed by atoms with van der Waals surface area (Å²) in [4.78, 5) is 16.6. The molecular weight excluding hydrogens is 326 g/mol. The molecule has 2 N–H and O–H groups in total. The highest BCUT2D eigenvalue weighted by atomic mass is 16.5. The highest BCUT2D eigenvalue weighted by Gasteiger charge is 2.06. The summed E-state index contributed by atoms with van der Waals surface area (Å²) < 4.78 is 5.20. The number of amides is 1. The van der Waals surface area contributed by atoms with Crippen molar-refractivity contribution in [3.05, 3.63) is 78.0 Å². The van der Waals surface area contributed by atoms with E-state index in [2.05, 4.69) is 15.6 Å². The van der Waals surface area contributed by atoms with Gasteiger partial charge >= 0.3 is 0 Å². The quantitative estimate of drug-likeness (QED) is 0.697. The number of hydrogen-bond donors (Lipinski definition) is 2. The Labute approximate surface area is 153 Å². The normalized spacial score (nSPS) is 10.2. The van der Waals surface area contributed by atoms with Crippen LogP contribution in [0.15, 0.2) is 66.9 Å². The fourth-order valence-corrected chi connectivity index (χ4v) is 2.58. The second-order valence-corrected chi connectivity index (χ2v) is 5.94. The average Bonchev–Trinajstić information content (AvgIpc) is 2.65. The fraction of sp³-hybridized carbons (Fsp3) is 0.143. The lowest BCUT2D eigenvalue weighted by Crippen LogP contribution is -2.15. The van der Waals surface area contributed by atoms with E-state index in [-0.39, 0.29) is 5.91 Å². The molecule has 0 aliphatic rings. The number of benzene rings is 2. The van der Waals surface area contributed by atoms with Crippen LogP contribution in [-0.4, -0.2) is 18.0 Å². The van der Waals surface area contributed by atoms with Crippen LogP contribution in [0.5, 0.6) is 5.75 Å². The summed E-state index contributed by atoms with van der Waals surface area (Å²) in [6, 6.07) is 19.1. The maximum Gasteiger partial charge on any atom is 0.228 e. The Bertz CT molecular complexity index is 892. The van der Waals surface area contributed by atoms with Crippen molar-refractivity contribution >= 4 is 23.1 Å². The molecule has 0 saturated heterocycles. The Morgan fingerprint density at radius 1 is 1.04 bits per heavy atom. The molecule has 26 heavy (non-hydrogen) atoms. The summed E-state index contributed by atoms with van der Waals surface area (Å²) >= 11 is 0. The molecule has 1 aromatic heterocycles. The molecule has 0 unspecified atom stereocenters. The molecule has 132 valence electrons. The van der Waals surface area contributed by atoms with E-state index >= 15 is 0 Å². The molecule has 2 aromatic carbocycles. The first kappa shape index (κ1) is 17.5. The van der Waals surface area contributed by atoms with Crippen LogP contribution in [0.1, 0.15) is 11.1 Å². The van der Waals surface area contributed by atoms with Gasteiger partial charge in [0.25, 0.3) is 0 Å². The topological polar surface area (TPSA) is 63.2 Å². The van der Waals surface area contributed by atoms with Gasteiger partial charge in [-0.2, -0.15) is 0 Å². The lowest BCUT2D eigenvalue weighted by atomic mass is 10.1. The number of methoxy groups -OCH3 is 1. The second-order valence-electron chi connectivity index (χ2n) is 5.94. The molecule has 5 nitrogen and oxygen atoms in total. The average molecular weight is 347 g/mol. The number of hydrogen-bond acceptors (Lipinski definition) is 4. The monoisotopic (exact) mass is 347 g/mol. The predicted molar refractivity (Wildman–Crippen MR) is 104 cm³/mol. The third-order valence-corrected chi connectivity index (χ3v) is 4.00. The maximum atomic E-state index is 12.2. The van der Waals surface area contributed by atoms with Crippen molar-refractivity contribution in [3.63, 3.8) is 0 Å². The minimum Gasteiger partial charge on any atom is -0.497 e. The molecule has 3 aromatic rings. The van der Waals surface area contributed by atoms with Gasteiger partial charge in [-0.3, -0.25) is 4.79 Å². The molecule has 0 fully saturated rings. The largest absolute Gasteiger partial charge is 0.497 e. The van der Waals surface area contributed by atoms with Gasteiger partial charge in [0.2, 0.25) is 5.91 Å². The molecule has 0 atom stereocenters. The van der Waals surface area contributed by atoms with E-state index < -0.39 is 0 Å². The molecular formula is C21H21N3O2. The molecule has 0 bridgehead atoms. The number of nitrogens with one attached hydrogen (secondary N) is 2. The predicted octanol–water partition coefficient (Wildman–Crippen LogP) is 4.32. The first-order valence-corrected chi connectivity index (χ1v) is 8.35. The molecule has 0 saturated carbocycles. The van der Waals surface area contributed by atoms with Crippen LogP contribution in [0.25, 0.3) is 0 Å². The Morgan fingerprint density at radius 2 is 1.88 bits per heavy atom. The lowest BCUT2D eigenvalue weighted by molar-refractivity contribution is -0.115. The highest BCUT2D eigenvalue weighted by molar-refractivity contribution is 5.92. The minimum atomic E-state index is -0.0606. The van der Waals surface area contributed by atoms with E-state index in [1.807, 2.05) is 67.6 Å². The number of aryl methyl sites for hydroxylation is 1. The van der Waals surface area contributed by atoms with Crippen LogP contribution in [-0.2, 0) is 11.2 Å². The smallest absolute Gasteiger partial charge is 0.228 e. The Balaban J connectivity index is 1.60. The van der Waals surface area contributed by atoms with E-state index in [0.29, 0.717) is 17.9 Å². The summed E-state index contributed by atoms with van der Waals surface area (Å²) in [6.07, 6.45) is 1.98. The summed E-state index contributed by atoms with van der Waals surface area (Å²) in [5, 5.41) is 6.08. The first-order valence-electron chi connectivity index (χ1n) is 8.35. The maximum absolute atomic E-state index is 12.2. The first-order chi connectivity index (χ1) is 12.6. The van der Waals surface area contributed by atoms with Crippen LogP contribution < -0.4 is 15.4 Å². The van der Waals surface area contributed by atoms with Gasteiger partial charge in [-0.15, -0.1) is 0 Å². The number of ether oxygens (including phenoxy) is 1. The summed E-state index contributed by atoms with van der Waals surface area (Å²) in [6.45, 7) is 2.00. The van der Waals surface area contributed by atoms with Crippen molar-refractivity contribution in [1.29, 1.82) is 0 Å². The van der Waals surface area contributed by atoms with Gasteiger partial charge < -0.3 is 15.4 Å². The number of nitrogens with zero attached hydrogens (tertiary/aromatic N) is 1. The molecule has 1 heterocycles. The van der Waals surface area contributed by atoms with Gasteiger partial charge in [0, 0.05) is 11.8 Å². The number of anilines is 3. The van der Waals surface area contributed by atoms with Crippen molar-refractivity contribution in [2.75, 3.05) is 17.7 Å². The number of aromatic nitrogens is 1. The van der Waals surface area contributed by atoms with Crippen LogP contribution in [0.4, 0.5) is 17.2 Å². The molecule has 5 heteroatoms. The van der Waals surface area contributed by atoms with Gasteiger partial charge in [0.15, 0.2) is 0 Å². The van der Waals surface area contributed by atoms with Crippen LogP contribution >= 0.6 is 0 Å². The van der Waals surface area contributed by atoms with E-state index in [1.54, 1.807) is 13.3 Å². The number of pyridine rings is 1. The molecule has 0 aliphatic carbocycles. The SMILES string of the molecule is COc1cccc(Nc2ccc(NC(=O)Cc3ccccc3C)cn2)c1. The molecule has 0 spiro atoms. The van der Waals surface area contributed by atoms with Crippen LogP contribution in [0.2, 0.25) is 0 Å². The molecule has 1 amide bonds. The second kappa shape index (κ2) is 8.16. The zero-order valence-corrected chi connectivity index (χ0v) is 14.8. The standard InChI is InChI=1S/C21H21N3O2/c1-15-6-3-4-7-16(15)12-21(25)24-18-10-11-20(22-14-18)23-17-8-5-9-19(13-17)26-2/h3-11,13-14H,12H2,1-2H3,(H,22,23)(H,24,25). The fourth-order valence-electron chi connectivity index (χ4n) is 2.58. The number of carbonyl (C=O) groups excluding carboxylic acids is 1. The third-order valence-electron chi connectivity index (χ3n) is 4.00. The minimum absolute atomic E-state index is 0.0606. The zero-order chi connectivity index (χ0) is 18.4. The lowest BCUT2D eigenvalue weighted by Gasteiger charge is -2.09. The van der Waals surface area contributed by atoms with Crippen molar-refractivity contribution in [3.8, 4) is 5.75 Å². The van der Waals surface area contributed by atoms with E-state index in [0.717, 1.165) is 22.6 Å². The van der Waals surface area contributed by atoms with Crippen molar-refractivity contribution in [2.45, 2.75) is 13.3 Å². The van der Waals surface area contributed by atoms with Gasteiger partial charge in [-0.05, 0) is 42.3 Å². The van der Waals surface area contributed by atoms with Crippen molar-refractivity contribution in [2.24, 2.45) is 0 Å². The summed E-state index contributed by atoms with van der Waals surface area (Å²) in [7, 11) is 1.63. The Hall–Kier alpha value is -3.34. The Morgan fingerprint density at radius 3 is 2.62 bits per heavy atom. The summed E-state index contributed by atoms with van der Waals surface area (Å²) in [5.74, 6) is 1.40. The third kappa shape index (κ3) is 4.60. The van der Waals surface area contributed by atoms with E-state index in [9.17, 15) is 4.79 Å². The zero-order valence-electron chi connectivity index (χ0n) is 14.8. The van der Waals surface area contributed by atoms with Gasteiger partial charge in [-0.25, -0.2) is 4.98 Å². The van der Waals surface area contributed by atoms with Crippen molar-refractivity contribution < 1.29 is 9.53 Å². The summed E-state index contributed by atoms with van der Waals surface area (Å²) in [5.41, 5.74) is 3.68. The van der Waals surface area contributed by atoms with Gasteiger partial charge in [0.05, 0.1) is 25.4 Å². The van der Waals surface area contributed by atoms with E-state index in [4.69, 9.17) is 4.74 Å². The van der Waals surface area contributed by atoms with E-state index in [1.165, 1.54) is 0 Å². The number of rotatable bonds is 6. The van der Waals surface area contributed by atoms with Crippen molar-refractivity contribution in [1.82, 2.24) is 4.98 Å². The molecule has 0 radical (unpaired) electrons. The van der Waals surface area contributed by atoms with Gasteiger partial charge in [-0.1, -0.05) is 30.3 Å². The van der Waals surface area contributed by atoms with Crippen LogP contribution in [0.3, 0.4) is 0 Å². The number of carbonyl (C=O) groups is 1. The highest BCUT2D eigenvalue weighted by Crippen LogP contribution is 2.21. The Kier molecular flexibility index (Phi) is 5.49. The van der Waals surface area contributed by atoms with Gasteiger partial charge in [0.1, 0.15) is 11.6 Å².